The first kappa shape index (κ1) is 15.9. The molecule has 0 aliphatic carbocycles. The molecule has 3 rings (SSSR count). The maximum atomic E-state index is 12.8. The van der Waals surface area contributed by atoms with Crippen LogP contribution in [-0.4, -0.2) is 32.4 Å². The highest BCUT2D eigenvalue weighted by molar-refractivity contribution is 7.19. The van der Waals surface area contributed by atoms with Crippen molar-refractivity contribution in [1.82, 2.24) is 19.8 Å². The number of carbonyl (C=O) groups is 1. The third kappa shape index (κ3) is 2.93. The molecular weight excluding hydrogens is 345 g/mol. The van der Waals surface area contributed by atoms with Gasteiger partial charge in [0.05, 0.1) is 5.56 Å². The molecule has 2 aromatic heterocycles. The van der Waals surface area contributed by atoms with Crippen molar-refractivity contribution in [3.8, 4) is 22.9 Å². The first-order valence-corrected chi connectivity index (χ1v) is 7.22. The highest BCUT2D eigenvalue weighted by atomic mass is 32.1. The SMILES string of the molecule is C#CCOC(=O)c1cccc(-c2nn3c(C(F)(F)F)nnc3s2)c1. The second-order valence-electron chi connectivity index (χ2n) is 4.48. The van der Waals surface area contributed by atoms with E-state index in [1.165, 1.54) is 12.1 Å². The van der Waals surface area contributed by atoms with E-state index in [2.05, 4.69) is 21.2 Å². The second kappa shape index (κ2) is 5.93. The number of esters is 1. The molecule has 0 bridgehead atoms. The molecule has 0 aliphatic heterocycles. The minimum absolute atomic E-state index is 0.00219. The number of halogens is 3. The van der Waals surface area contributed by atoms with Crippen molar-refractivity contribution in [2.24, 2.45) is 0 Å². The summed E-state index contributed by atoms with van der Waals surface area (Å²) in [5.41, 5.74) is 0.665. The molecule has 0 N–H and O–H groups in total. The Bertz CT molecular complexity index is 955. The van der Waals surface area contributed by atoms with Crippen molar-refractivity contribution < 1.29 is 22.7 Å². The van der Waals surface area contributed by atoms with Crippen LogP contribution in [0.1, 0.15) is 16.2 Å². The zero-order valence-corrected chi connectivity index (χ0v) is 12.6. The molecule has 24 heavy (non-hydrogen) atoms. The van der Waals surface area contributed by atoms with Crippen molar-refractivity contribution in [2.45, 2.75) is 6.18 Å². The van der Waals surface area contributed by atoms with Crippen LogP contribution in [0.15, 0.2) is 24.3 Å². The fourth-order valence-corrected chi connectivity index (χ4v) is 2.72. The summed E-state index contributed by atoms with van der Waals surface area (Å²) in [5, 5.41) is 10.7. The average Bonchev–Trinajstić information content (AvgIpc) is 3.12. The van der Waals surface area contributed by atoms with E-state index in [-0.39, 0.29) is 22.1 Å². The summed E-state index contributed by atoms with van der Waals surface area (Å²) in [4.78, 5) is 11.8. The molecule has 0 spiro atoms. The number of ether oxygens (including phenoxy) is 1. The van der Waals surface area contributed by atoms with Gasteiger partial charge in [0.15, 0.2) is 6.61 Å². The van der Waals surface area contributed by atoms with Gasteiger partial charge in [0.1, 0.15) is 5.01 Å². The van der Waals surface area contributed by atoms with Gasteiger partial charge in [-0.05, 0) is 12.1 Å². The van der Waals surface area contributed by atoms with Gasteiger partial charge in [0.25, 0.3) is 5.82 Å². The van der Waals surface area contributed by atoms with Gasteiger partial charge < -0.3 is 4.74 Å². The zero-order valence-electron chi connectivity index (χ0n) is 11.7. The monoisotopic (exact) mass is 352 g/mol. The normalized spacial score (nSPS) is 11.4. The van der Waals surface area contributed by atoms with Gasteiger partial charge in [-0.3, -0.25) is 0 Å². The topological polar surface area (TPSA) is 69.4 Å². The molecule has 1 aromatic carbocycles. The predicted molar refractivity (Wildman–Crippen MR) is 78.2 cm³/mol. The van der Waals surface area contributed by atoms with Crippen molar-refractivity contribution >= 4 is 22.3 Å². The maximum Gasteiger partial charge on any atom is 0.453 e. The Labute approximate surface area is 136 Å². The largest absolute Gasteiger partial charge is 0.453 e. The number of nitrogens with zero attached hydrogens (tertiary/aromatic N) is 4. The Morgan fingerprint density at radius 2 is 2.17 bits per heavy atom. The van der Waals surface area contributed by atoms with Crippen molar-refractivity contribution in [1.29, 1.82) is 0 Å². The Hall–Kier alpha value is -2.93. The van der Waals surface area contributed by atoms with Crippen molar-refractivity contribution in [3.05, 3.63) is 35.7 Å². The van der Waals surface area contributed by atoms with Crippen LogP contribution in [0.25, 0.3) is 15.5 Å². The van der Waals surface area contributed by atoms with Gasteiger partial charge in [0, 0.05) is 5.56 Å². The van der Waals surface area contributed by atoms with Gasteiger partial charge in [0.2, 0.25) is 4.96 Å². The smallest absolute Gasteiger partial charge is 0.449 e. The minimum Gasteiger partial charge on any atom is -0.449 e. The number of benzene rings is 1. The van der Waals surface area contributed by atoms with Crippen LogP contribution in [0.4, 0.5) is 13.2 Å². The highest BCUT2D eigenvalue weighted by Gasteiger charge is 2.38. The number of hydrogen-bond acceptors (Lipinski definition) is 6. The lowest BCUT2D eigenvalue weighted by Gasteiger charge is -2.03. The molecule has 0 radical (unpaired) electrons. The zero-order chi connectivity index (χ0) is 17.3. The Morgan fingerprint density at radius 3 is 2.88 bits per heavy atom. The number of aromatic nitrogens is 4. The molecule has 0 saturated heterocycles. The van der Waals surface area contributed by atoms with Crippen LogP contribution in [-0.2, 0) is 10.9 Å². The Morgan fingerprint density at radius 1 is 1.38 bits per heavy atom. The van der Waals surface area contributed by atoms with Crippen LogP contribution in [0.2, 0.25) is 0 Å². The van der Waals surface area contributed by atoms with E-state index in [1.54, 1.807) is 12.1 Å². The maximum absolute atomic E-state index is 12.8. The van der Waals surface area contributed by atoms with Gasteiger partial charge in [-0.2, -0.15) is 22.8 Å². The van der Waals surface area contributed by atoms with E-state index in [4.69, 9.17) is 11.2 Å². The van der Waals surface area contributed by atoms with Crippen LogP contribution >= 0.6 is 11.3 Å². The quantitative estimate of drug-likeness (QED) is 0.535. The third-order valence-electron chi connectivity index (χ3n) is 2.88. The molecule has 0 amide bonds. The molecule has 0 saturated carbocycles. The van der Waals surface area contributed by atoms with Crippen LogP contribution in [0.5, 0.6) is 0 Å². The van der Waals surface area contributed by atoms with Crippen molar-refractivity contribution in [3.63, 3.8) is 0 Å². The van der Waals surface area contributed by atoms with Crippen LogP contribution in [0.3, 0.4) is 0 Å². The van der Waals surface area contributed by atoms with Crippen molar-refractivity contribution in [2.75, 3.05) is 6.61 Å². The lowest BCUT2D eigenvalue weighted by molar-refractivity contribution is -0.146. The molecule has 122 valence electrons. The summed E-state index contributed by atoms with van der Waals surface area (Å²) in [6, 6.07) is 6.13. The molecule has 2 heterocycles. The van der Waals surface area contributed by atoms with Gasteiger partial charge >= 0.3 is 12.1 Å². The van der Waals surface area contributed by atoms with E-state index >= 15 is 0 Å². The number of rotatable bonds is 3. The summed E-state index contributed by atoms with van der Waals surface area (Å²) < 4.78 is 43.9. The molecule has 0 aliphatic rings. The molecule has 6 nitrogen and oxygen atoms in total. The Balaban J connectivity index is 1.98. The standard InChI is InChI=1S/C14H7F3N4O2S/c1-2-6-23-11(22)9-5-3-4-8(7-9)10-20-21-12(14(15,16)17)18-19-13(21)24-10/h1,3-5,7H,6H2. The predicted octanol–water partition coefficient (Wildman–Crippen LogP) is 2.66. The number of carbonyl (C=O) groups excluding carboxylic acids is 1. The molecule has 0 fully saturated rings. The molecule has 0 atom stereocenters. The molecule has 0 unspecified atom stereocenters. The molecule has 10 heteroatoms. The number of terminal acetylenes is 1. The summed E-state index contributed by atoms with van der Waals surface area (Å²) in [6.45, 7) is -0.172. The highest BCUT2D eigenvalue weighted by Crippen LogP contribution is 2.31. The van der Waals surface area contributed by atoms with E-state index in [0.717, 1.165) is 11.3 Å². The molecular formula is C14H7F3N4O2S. The van der Waals surface area contributed by atoms with Crippen LogP contribution in [0, 0.1) is 12.3 Å². The summed E-state index contributed by atoms with van der Waals surface area (Å²) in [5.74, 6) is 0.336. The fraction of sp³-hybridized carbons (Fsp3) is 0.143. The third-order valence-corrected chi connectivity index (χ3v) is 3.82. The Kier molecular flexibility index (Phi) is 3.94. The fourth-order valence-electron chi connectivity index (χ4n) is 1.88. The van der Waals surface area contributed by atoms with Gasteiger partial charge in [-0.15, -0.1) is 16.6 Å². The van der Waals surface area contributed by atoms with E-state index < -0.39 is 18.0 Å². The lowest BCUT2D eigenvalue weighted by atomic mass is 10.1. The number of alkyl halides is 3. The lowest BCUT2D eigenvalue weighted by Crippen LogP contribution is -2.11. The number of hydrogen-bond donors (Lipinski definition) is 0. The van der Waals surface area contributed by atoms with Crippen LogP contribution < -0.4 is 0 Å². The first-order valence-electron chi connectivity index (χ1n) is 6.40. The van der Waals surface area contributed by atoms with Gasteiger partial charge in [-0.1, -0.05) is 29.4 Å². The first-order chi connectivity index (χ1) is 11.4. The molecule has 3 aromatic rings. The summed E-state index contributed by atoms with van der Waals surface area (Å²) >= 11 is 0.919. The van der Waals surface area contributed by atoms with E-state index in [1.807, 2.05) is 0 Å². The number of fused-ring (bicyclic) bond motifs is 1. The average molecular weight is 352 g/mol. The summed E-state index contributed by atoms with van der Waals surface area (Å²) in [7, 11) is 0. The van der Waals surface area contributed by atoms with E-state index in [0.29, 0.717) is 10.1 Å². The van der Waals surface area contributed by atoms with Gasteiger partial charge in [-0.25, -0.2) is 4.79 Å². The van der Waals surface area contributed by atoms with E-state index in [9.17, 15) is 18.0 Å². The minimum atomic E-state index is -4.66. The second-order valence-corrected chi connectivity index (χ2v) is 5.44. The summed E-state index contributed by atoms with van der Waals surface area (Å²) in [6.07, 6.45) is 0.352.